The highest BCUT2D eigenvalue weighted by atomic mass is 16.5. The average Bonchev–Trinajstić information content (AvgIpc) is 2.38. The van der Waals surface area contributed by atoms with E-state index in [0.717, 1.165) is 0 Å². The van der Waals surface area contributed by atoms with Gasteiger partial charge in [-0.05, 0) is 13.8 Å². The van der Waals surface area contributed by atoms with Crippen molar-refractivity contribution in [3.05, 3.63) is 0 Å². The molecule has 6 heteroatoms. The van der Waals surface area contributed by atoms with Crippen molar-refractivity contribution in [3.63, 3.8) is 0 Å². The molecule has 0 radical (unpaired) electrons. The molecule has 0 unspecified atom stereocenters. The van der Waals surface area contributed by atoms with Crippen LogP contribution in [0.4, 0.5) is 0 Å². The zero-order chi connectivity index (χ0) is 14.1. The van der Waals surface area contributed by atoms with Crippen molar-refractivity contribution in [2.24, 2.45) is 0 Å². The number of hydrogen-bond donors (Lipinski definition) is 2. The summed E-state index contributed by atoms with van der Waals surface area (Å²) in [5.74, 6) is 0.199. The van der Waals surface area contributed by atoms with Crippen molar-refractivity contribution < 1.29 is 14.3 Å². The van der Waals surface area contributed by atoms with Gasteiger partial charge in [0.1, 0.15) is 0 Å². The maximum Gasteiger partial charge on any atom is 0.224 e. The van der Waals surface area contributed by atoms with Gasteiger partial charge in [-0.1, -0.05) is 0 Å². The molecule has 1 heterocycles. The molecule has 0 aliphatic carbocycles. The lowest BCUT2D eigenvalue weighted by Gasteiger charge is -2.26. The molecule has 1 fully saturated rings. The fourth-order valence-electron chi connectivity index (χ4n) is 1.89. The van der Waals surface area contributed by atoms with Gasteiger partial charge in [-0.2, -0.15) is 0 Å². The quantitative estimate of drug-likeness (QED) is 0.626. The number of ether oxygens (including phenoxy) is 1. The second kappa shape index (κ2) is 8.87. The van der Waals surface area contributed by atoms with Crippen LogP contribution in [0, 0.1) is 0 Å². The Morgan fingerprint density at radius 2 is 1.79 bits per heavy atom. The number of carbonyl (C=O) groups is 2. The molecule has 110 valence electrons. The lowest BCUT2D eigenvalue weighted by Crippen LogP contribution is -2.41. The second-order valence-electron chi connectivity index (χ2n) is 4.97. The zero-order valence-corrected chi connectivity index (χ0v) is 11.9. The van der Waals surface area contributed by atoms with E-state index < -0.39 is 0 Å². The highest BCUT2D eigenvalue weighted by molar-refractivity contribution is 5.77. The largest absolute Gasteiger partial charge is 0.378 e. The Balaban J connectivity index is 2.01. The Bertz CT molecular complexity index is 289. The number of amides is 2. The van der Waals surface area contributed by atoms with E-state index in [9.17, 15) is 9.59 Å². The van der Waals surface area contributed by atoms with Gasteiger partial charge in [0.05, 0.1) is 13.2 Å². The summed E-state index contributed by atoms with van der Waals surface area (Å²) in [5, 5.41) is 5.95. The minimum atomic E-state index is 0.0435. The van der Waals surface area contributed by atoms with Crippen molar-refractivity contribution in [2.75, 3.05) is 39.4 Å². The Kier molecular flexibility index (Phi) is 7.43. The lowest BCUT2D eigenvalue weighted by atomic mass is 10.3. The summed E-state index contributed by atoms with van der Waals surface area (Å²) in [5.41, 5.74) is 0. The Hall–Kier alpha value is -1.14. The first-order chi connectivity index (χ1) is 9.09. The molecule has 1 aliphatic heterocycles. The molecule has 0 bridgehead atoms. The summed E-state index contributed by atoms with van der Waals surface area (Å²) in [6.07, 6.45) is 0.926. The van der Waals surface area contributed by atoms with E-state index in [1.807, 2.05) is 18.7 Å². The van der Waals surface area contributed by atoms with Crippen molar-refractivity contribution in [1.82, 2.24) is 15.5 Å². The zero-order valence-electron chi connectivity index (χ0n) is 11.9. The molecule has 0 aromatic carbocycles. The van der Waals surface area contributed by atoms with Gasteiger partial charge in [0.25, 0.3) is 0 Å². The summed E-state index contributed by atoms with van der Waals surface area (Å²) in [4.78, 5) is 25.0. The summed E-state index contributed by atoms with van der Waals surface area (Å²) in [6.45, 7) is 7.74. The molecule has 19 heavy (non-hydrogen) atoms. The van der Waals surface area contributed by atoms with Gasteiger partial charge in [-0.25, -0.2) is 0 Å². The van der Waals surface area contributed by atoms with Crippen molar-refractivity contribution in [2.45, 2.75) is 32.7 Å². The average molecular weight is 271 g/mol. The smallest absolute Gasteiger partial charge is 0.224 e. The Labute approximate surface area is 114 Å². The molecule has 2 N–H and O–H groups in total. The third-order valence-electron chi connectivity index (χ3n) is 2.86. The number of hydrogen-bond acceptors (Lipinski definition) is 4. The number of carbonyl (C=O) groups excluding carboxylic acids is 2. The summed E-state index contributed by atoms with van der Waals surface area (Å²) >= 11 is 0. The molecule has 0 saturated carbocycles. The molecule has 0 spiro atoms. The number of rotatable bonds is 7. The molecular weight excluding hydrogens is 246 g/mol. The monoisotopic (exact) mass is 271 g/mol. The van der Waals surface area contributed by atoms with Crippen LogP contribution in [0.15, 0.2) is 0 Å². The number of nitrogens with zero attached hydrogens (tertiary/aromatic N) is 1. The summed E-state index contributed by atoms with van der Waals surface area (Å²) in [7, 11) is 0. The maximum atomic E-state index is 11.8. The SMILES string of the molecule is CC(C)NC(=O)CCNCCC(=O)N1CCOCC1. The van der Waals surface area contributed by atoms with Gasteiger partial charge in [-0.3, -0.25) is 9.59 Å². The Morgan fingerprint density at radius 3 is 2.42 bits per heavy atom. The van der Waals surface area contributed by atoms with Crippen LogP contribution in [-0.4, -0.2) is 62.1 Å². The van der Waals surface area contributed by atoms with Crippen molar-refractivity contribution >= 4 is 11.8 Å². The highest BCUT2D eigenvalue weighted by Crippen LogP contribution is 1.99. The van der Waals surface area contributed by atoms with Crippen LogP contribution >= 0.6 is 0 Å². The number of morpholine rings is 1. The van der Waals surface area contributed by atoms with E-state index >= 15 is 0 Å². The van der Waals surface area contributed by atoms with Gasteiger partial charge < -0.3 is 20.3 Å². The molecule has 0 aromatic heterocycles. The van der Waals surface area contributed by atoms with Crippen molar-refractivity contribution in [3.8, 4) is 0 Å². The topological polar surface area (TPSA) is 70.7 Å². The minimum Gasteiger partial charge on any atom is -0.378 e. The third-order valence-corrected chi connectivity index (χ3v) is 2.86. The first-order valence-electron chi connectivity index (χ1n) is 6.95. The first-order valence-corrected chi connectivity index (χ1v) is 6.95. The first kappa shape index (κ1) is 15.9. The highest BCUT2D eigenvalue weighted by Gasteiger charge is 2.15. The molecule has 1 rings (SSSR count). The third kappa shape index (κ3) is 7.12. The molecular formula is C13H25N3O3. The molecule has 1 aliphatic rings. The van der Waals surface area contributed by atoms with Crippen molar-refractivity contribution in [1.29, 1.82) is 0 Å². The molecule has 0 aromatic rings. The molecule has 1 saturated heterocycles. The molecule has 6 nitrogen and oxygen atoms in total. The van der Waals surface area contributed by atoms with E-state index in [1.54, 1.807) is 0 Å². The van der Waals surface area contributed by atoms with E-state index in [1.165, 1.54) is 0 Å². The number of nitrogens with one attached hydrogen (secondary N) is 2. The molecule has 2 amide bonds. The van der Waals surface area contributed by atoms with Crippen LogP contribution in [0.2, 0.25) is 0 Å². The predicted octanol–water partition coefficient (Wildman–Crippen LogP) is -0.260. The van der Waals surface area contributed by atoms with Crippen LogP contribution in [0.3, 0.4) is 0 Å². The minimum absolute atomic E-state index is 0.0435. The van der Waals surface area contributed by atoms with Gasteiger partial charge >= 0.3 is 0 Å². The molecule has 0 atom stereocenters. The normalized spacial score (nSPS) is 15.6. The van der Waals surface area contributed by atoms with Crippen LogP contribution in [0.5, 0.6) is 0 Å². The second-order valence-corrected chi connectivity index (χ2v) is 4.97. The van der Waals surface area contributed by atoms with E-state index in [2.05, 4.69) is 10.6 Å². The fourth-order valence-corrected chi connectivity index (χ4v) is 1.89. The van der Waals surface area contributed by atoms with Crippen LogP contribution in [0.1, 0.15) is 26.7 Å². The van der Waals surface area contributed by atoms with Gasteiger partial charge in [0.2, 0.25) is 11.8 Å². The maximum absolute atomic E-state index is 11.8. The summed E-state index contributed by atoms with van der Waals surface area (Å²) in [6, 6.07) is 0.176. The fraction of sp³-hybridized carbons (Fsp3) is 0.846. The van der Waals surface area contributed by atoms with Crippen LogP contribution in [-0.2, 0) is 14.3 Å². The van der Waals surface area contributed by atoms with Crippen LogP contribution in [0.25, 0.3) is 0 Å². The predicted molar refractivity (Wildman–Crippen MR) is 72.8 cm³/mol. The van der Waals surface area contributed by atoms with Gasteiger partial charge in [-0.15, -0.1) is 0 Å². The van der Waals surface area contributed by atoms with E-state index in [-0.39, 0.29) is 17.9 Å². The van der Waals surface area contributed by atoms with E-state index in [4.69, 9.17) is 4.74 Å². The van der Waals surface area contributed by atoms with E-state index in [0.29, 0.717) is 52.2 Å². The van der Waals surface area contributed by atoms with Gasteiger partial charge in [0.15, 0.2) is 0 Å². The van der Waals surface area contributed by atoms with Crippen LogP contribution < -0.4 is 10.6 Å². The lowest BCUT2D eigenvalue weighted by molar-refractivity contribution is -0.135. The Morgan fingerprint density at radius 1 is 1.16 bits per heavy atom. The summed E-state index contributed by atoms with van der Waals surface area (Å²) < 4.78 is 5.20. The standard InChI is InChI=1S/C13H25N3O3/c1-11(2)15-12(17)3-5-14-6-4-13(18)16-7-9-19-10-8-16/h11,14H,3-10H2,1-2H3,(H,15,17). The van der Waals surface area contributed by atoms with Gasteiger partial charge in [0, 0.05) is 45.1 Å².